The topological polar surface area (TPSA) is 26.8 Å². The van der Waals surface area contributed by atoms with Gasteiger partial charge < -0.3 is 14.7 Å². The largest absolute Gasteiger partial charge is 0.325 e. The molecule has 0 aromatic rings. The van der Waals surface area contributed by atoms with Gasteiger partial charge in [0, 0.05) is 25.2 Å². The maximum atomic E-state index is 12.7. The Kier molecular flexibility index (Phi) is 7.23. The summed E-state index contributed by atoms with van der Waals surface area (Å²) in [5.41, 5.74) is 0.654. The Morgan fingerprint density at radius 2 is 1.77 bits per heavy atom. The summed E-state index contributed by atoms with van der Waals surface area (Å²) in [6.45, 7) is 9.64. The van der Waals surface area contributed by atoms with E-state index < -0.39 is 0 Å². The first-order valence-corrected chi connectivity index (χ1v) is 8.31. The molecule has 1 fully saturated rings. The van der Waals surface area contributed by atoms with Crippen LogP contribution >= 0.6 is 23.2 Å². The standard InChI is InChI=1S/C16H27Cl2N3O/c1-11(15(18)12(2)17)13(3)20(5)16(22)21(6)14-7-9-19(4)10-8-14/h13-14H,1,7-10H2,2-6H3. The van der Waals surface area contributed by atoms with E-state index in [-0.39, 0.29) is 18.1 Å². The van der Waals surface area contributed by atoms with Crippen LogP contribution in [0.3, 0.4) is 0 Å². The maximum Gasteiger partial charge on any atom is 0.320 e. The Labute approximate surface area is 144 Å². The quantitative estimate of drug-likeness (QED) is 0.724. The van der Waals surface area contributed by atoms with Crippen molar-refractivity contribution in [2.75, 3.05) is 34.2 Å². The number of allylic oxidation sites excluding steroid dienone is 1. The number of rotatable bonds is 4. The van der Waals surface area contributed by atoms with Crippen LogP contribution in [-0.4, -0.2) is 67.0 Å². The van der Waals surface area contributed by atoms with Crippen LogP contribution in [0.1, 0.15) is 26.7 Å². The molecule has 0 radical (unpaired) electrons. The first-order chi connectivity index (χ1) is 10.2. The van der Waals surface area contributed by atoms with E-state index in [1.807, 2.05) is 18.9 Å². The predicted molar refractivity (Wildman–Crippen MR) is 94.4 cm³/mol. The SMILES string of the molecule is C=C(C(Cl)=C(C)Cl)C(C)N(C)C(=O)N(C)C1CCN(C)CC1. The second-order valence-corrected chi connectivity index (χ2v) is 7.03. The molecule has 0 aromatic carbocycles. The average Bonchev–Trinajstić information content (AvgIpc) is 2.51. The molecule has 0 spiro atoms. The number of amides is 2. The molecule has 4 nitrogen and oxygen atoms in total. The monoisotopic (exact) mass is 347 g/mol. The summed E-state index contributed by atoms with van der Waals surface area (Å²) in [6, 6.07) is 0.0645. The summed E-state index contributed by atoms with van der Waals surface area (Å²) in [5, 5.41) is 0.916. The maximum absolute atomic E-state index is 12.7. The third-order valence-electron chi connectivity index (χ3n) is 4.51. The van der Waals surface area contributed by atoms with Gasteiger partial charge in [0.2, 0.25) is 0 Å². The minimum absolute atomic E-state index is 0.0140. The highest BCUT2D eigenvalue weighted by molar-refractivity contribution is 6.40. The molecule has 0 bridgehead atoms. The molecular weight excluding hydrogens is 321 g/mol. The molecule has 1 aliphatic heterocycles. The molecule has 1 atom stereocenters. The Morgan fingerprint density at radius 3 is 2.23 bits per heavy atom. The van der Waals surface area contributed by atoms with Crippen LogP contribution in [0.5, 0.6) is 0 Å². The highest BCUT2D eigenvalue weighted by Crippen LogP contribution is 2.26. The zero-order chi connectivity index (χ0) is 17.0. The van der Waals surface area contributed by atoms with Crippen molar-refractivity contribution in [2.45, 2.75) is 38.8 Å². The van der Waals surface area contributed by atoms with Gasteiger partial charge in [-0.05, 0) is 52.4 Å². The Bertz CT molecular complexity index is 452. The Morgan fingerprint density at radius 1 is 1.27 bits per heavy atom. The van der Waals surface area contributed by atoms with Crippen molar-refractivity contribution in [3.8, 4) is 0 Å². The van der Waals surface area contributed by atoms with Crippen LogP contribution in [-0.2, 0) is 0 Å². The van der Waals surface area contributed by atoms with Gasteiger partial charge in [-0.25, -0.2) is 4.79 Å². The van der Waals surface area contributed by atoms with Gasteiger partial charge in [-0.3, -0.25) is 0 Å². The lowest BCUT2D eigenvalue weighted by Crippen LogP contribution is -2.50. The first-order valence-electron chi connectivity index (χ1n) is 7.56. The molecule has 0 saturated carbocycles. The molecule has 126 valence electrons. The molecule has 1 heterocycles. The van der Waals surface area contributed by atoms with Crippen molar-refractivity contribution in [1.82, 2.24) is 14.7 Å². The number of halogens is 2. The lowest BCUT2D eigenvalue weighted by Gasteiger charge is -2.38. The number of hydrogen-bond acceptors (Lipinski definition) is 2. The second-order valence-electron chi connectivity index (χ2n) is 6.09. The first kappa shape index (κ1) is 19.3. The Hall–Kier alpha value is -0.710. The van der Waals surface area contributed by atoms with Gasteiger partial charge in [-0.15, -0.1) is 0 Å². The van der Waals surface area contributed by atoms with E-state index in [0.717, 1.165) is 25.9 Å². The van der Waals surface area contributed by atoms with E-state index in [1.54, 1.807) is 18.9 Å². The second kappa shape index (κ2) is 8.23. The average molecular weight is 348 g/mol. The van der Waals surface area contributed by atoms with E-state index in [4.69, 9.17) is 23.2 Å². The Balaban J connectivity index is 2.71. The van der Waals surface area contributed by atoms with Gasteiger partial charge in [-0.1, -0.05) is 29.8 Å². The fourth-order valence-electron chi connectivity index (χ4n) is 2.59. The molecule has 1 saturated heterocycles. The summed E-state index contributed by atoms with van der Waals surface area (Å²) in [6.07, 6.45) is 2.01. The van der Waals surface area contributed by atoms with E-state index in [9.17, 15) is 4.79 Å². The molecule has 0 aliphatic carbocycles. The van der Waals surface area contributed by atoms with Crippen LogP contribution < -0.4 is 0 Å². The number of carbonyl (C=O) groups excluding carboxylic acids is 1. The van der Waals surface area contributed by atoms with Crippen LogP contribution in [0.2, 0.25) is 0 Å². The number of likely N-dealkylation sites (tertiary alicyclic amines) is 1. The van der Waals surface area contributed by atoms with E-state index >= 15 is 0 Å². The molecule has 0 N–H and O–H groups in total. The normalized spacial score (nSPS) is 19.4. The minimum atomic E-state index is -0.206. The predicted octanol–water partition coefficient (Wildman–Crippen LogP) is 3.72. The summed E-state index contributed by atoms with van der Waals surface area (Å²) in [7, 11) is 5.75. The van der Waals surface area contributed by atoms with Crippen LogP contribution in [0.4, 0.5) is 4.79 Å². The highest BCUT2D eigenvalue weighted by Gasteiger charge is 2.28. The summed E-state index contributed by atoms with van der Waals surface area (Å²) >= 11 is 12.1. The summed E-state index contributed by atoms with van der Waals surface area (Å²) in [4.78, 5) is 18.5. The van der Waals surface area contributed by atoms with Crippen LogP contribution in [0.25, 0.3) is 0 Å². The van der Waals surface area contributed by atoms with Crippen molar-refractivity contribution in [1.29, 1.82) is 0 Å². The molecular formula is C16H27Cl2N3O. The number of carbonyl (C=O) groups is 1. The lowest BCUT2D eigenvalue weighted by atomic mass is 10.0. The minimum Gasteiger partial charge on any atom is -0.325 e. The number of piperidine rings is 1. The third kappa shape index (κ3) is 4.64. The number of nitrogens with zero attached hydrogens (tertiary/aromatic N) is 3. The van der Waals surface area contributed by atoms with Gasteiger partial charge in [0.25, 0.3) is 0 Å². The van der Waals surface area contributed by atoms with Gasteiger partial charge in [-0.2, -0.15) is 0 Å². The van der Waals surface area contributed by atoms with Crippen molar-refractivity contribution in [3.63, 3.8) is 0 Å². The fraction of sp³-hybridized carbons (Fsp3) is 0.688. The third-order valence-corrected chi connectivity index (χ3v) is 5.32. The van der Waals surface area contributed by atoms with Crippen LogP contribution in [0.15, 0.2) is 22.2 Å². The van der Waals surface area contributed by atoms with E-state index in [1.165, 1.54) is 0 Å². The van der Waals surface area contributed by atoms with Gasteiger partial charge in [0.05, 0.1) is 11.1 Å². The number of likely N-dealkylation sites (N-methyl/N-ethyl adjacent to an activating group) is 1. The molecule has 1 unspecified atom stereocenters. The summed E-state index contributed by atoms with van der Waals surface area (Å²) < 4.78 is 0. The molecule has 1 aliphatic rings. The van der Waals surface area contributed by atoms with Gasteiger partial charge in [0.1, 0.15) is 0 Å². The van der Waals surface area contributed by atoms with Crippen molar-refractivity contribution in [2.24, 2.45) is 0 Å². The van der Waals surface area contributed by atoms with Crippen molar-refractivity contribution < 1.29 is 4.79 Å². The highest BCUT2D eigenvalue weighted by atomic mass is 35.5. The van der Waals surface area contributed by atoms with E-state index in [2.05, 4.69) is 18.5 Å². The molecule has 6 heteroatoms. The number of hydrogen-bond donors (Lipinski definition) is 0. The van der Waals surface area contributed by atoms with Crippen molar-refractivity contribution in [3.05, 3.63) is 22.2 Å². The zero-order valence-corrected chi connectivity index (χ0v) is 15.7. The summed E-state index contributed by atoms with van der Waals surface area (Å²) in [5.74, 6) is 0. The van der Waals surface area contributed by atoms with Crippen molar-refractivity contribution >= 4 is 29.2 Å². The van der Waals surface area contributed by atoms with Gasteiger partial charge >= 0.3 is 6.03 Å². The molecule has 22 heavy (non-hydrogen) atoms. The van der Waals surface area contributed by atoms with Gasteiger partial charge in [0.15, 0.2) is 0 Å². The van der Waals surface area contributed by atoms with Crippen LogP contribution in [0, 0.1) is 0 Å². The lowest BCUT2D eigenvalue weighted by molar-refractivity contribution is 0.121. The fourth-order valence-corrected chi connectivity index (χ4v) is 2.87. The molecule has 1 rings (SSSR count). The smallest absolute Gasteiger partial charge is 0.320 e. The van der Waals surface area contributed by atoms with E-state index in [0.29, 0.717) is 15.6 Å². The zero-order valence-electron chi connectivity index (χ0n) is 14.2. The molecule has 2 amide bonds. The number of urea groups is 1. The molecule has 0 aromatic heterocycles.